The number of carbonyl (C=O) groups excluding carboxylic acids is 2. The van der Waals surface area contributed by atoms with Gasteiger partial charge in [0.2, 0.25) is 11.8 Å². The van der Waals surface area contributed by atoms with Crippen molar-refractivity contribution in [3.05, 3.63) is 24.3 Å². The molecule has 3 rings (SSSR count). The van der Waals surface area contributed by atoms with Crippen molar-refractivity contribution < 1.29 is 104 Å². The second kappa shape index (κ2) is 62.6. The molecule has 3 fully saturated rings. The molecule has 0 spiro atoms. The van der Waals surface area contributed by atoms with Crippen LogP contribution in [0.25, 0.3) is 0 Å². The summed E-state index contributed by atoms with van der Waals surface area (Å²) in [4.78, 5) is 38.7. The molecule has 0 saturated carbocycles. The van der Waals surface area contributed by atoms with Crippen molar-refractivity contribution in [2.45, 2.75) is 464 Å². The number of carboxylic acids is 1. The van der Waals surface area contributed by atoms with Crippen LogP contribution in [-0.2, 0) is 42.8 Å². The number of amides is 2. The van der Waals surface area contributed by atoms with Crippen molar-refractivity contribution in [2.75, 3.05) is 26.4 Å². The average Bonchev–Trinajstić information content (AvgIpc) is 0.754. The summed E-state index contributed by atoms with van der Waals surface area (Å²) in [7, 11) is 0. The number of hydrogen-bond donors (Lipinski definition) is 14. The number of rotatable bonds is 69. The van der Waals surface area contributed by atoms with Crippen LogP contribution in [0.1, 0.15) is 355 Å². The molecule has 2 amide bonds. The van der Waals surface area contributed by atoms with Gasteiger partial charge in [0.05, 0.1) is 50.7 Å². The standard InChI is InChI=1S/C84H156N2O21/c1-4-6-8-10-12-14-16-18-20-22-24-25-26-27-28-29-30-31-32-33-34-35-36-37-38-39-40-42-44-46-48-50-52-54-56-58-71(94)86-65(66(91)57-55-53-51-49-47-45-43-41-23-21-19-17-15-13-11-9-7-5-2)63-102-81-76(98)75(97)78(70(62-89)104-81)105-82-77(99)80(74(96)69(61-88)103-82)107-84(83(100)101)59-67(92)72(85-64(3)90)79(106-84)73(95)68(93)60-87/h26-27,29-30,65-70,72-82,87-89,91-93,95-99H,4-25,28,31-63H2,1-3H3,(H,85,90)(H,86,94)(H,100,101)/b27-26-,30-29-. The van der Waals surface area contributed by atoms with Crippen molar-refractivity contribution in [1.82, 2.24) is 10.6 Å². The maximum absolute atomic E-state index is 13.6. The quantitative estimate of drug-likeness (QED) is 0.0199. The van der Waals surface area contributed by atoms with Crippen molar-refractivity contribution in [3.63, 3.8) is 0 Å². The molecule has 0 bridgehead atoms. The van der Waals surface area contributed by atoms with Gasteiger partial charge in [-0.25, -0.2) is 4.79 Å². The first-order valence-electron chi connectivity index (χ1n) is 43.2. The Morgan fingerprint density at radius 1 is 0.486 bits per heavy atom. The summed E-state index contributed by atoms with van der Waals surface area (Å²) in [5.74, 6) is -6.09. The van der Waals surface area contributed by atoms with Gasteiger partial charge < -0.3 is 100 Å². The van der Waals surface area contributed by atoms with E-state index in [2.05, 4.69) is 48.8 Å². The van der Waals surface area contributed by atoms with Gasteiger partial charge in [-0.15, -0.1) is 0 Å². The Kier molecular flexibility index (Phi) is 57.6. The Morgan fingerprint density at radius 3 is 1.31 bits per heavy atom. The van der Waals surface area contributed by atoms with Crippen molar-refractivity contribution in [2.24, 2.45) is 0 Å². The molecule has 3 heterocycles. The van der Waals surface area contributed by atoms with Gasteiger partial charge in [0.25, 0.3) is 5.79 Å². The van der Waals surface area contributed by atoms with Crippen molar-refractivity contribution >= 4 is 17.8 Å². The molecule has 23 heteroatoms. The molecular formula is C84H156N2O21. The number of aliphatic carboxylic acids is 1. The molecule has 18 atom stereocenters. The van der Waals surface area contributed by atoms with Crippen LogP contribution < -0.4 is 10.6 Å². The number of aliphatic hydroxyl groups excluding tert-OH is 11. The topological polar surface area (TPSA) is 373 Å². The van der Waals surface area contributed by atoms with Gasteiger partial charge in [0.15, 0.2) is 12.6 Å². The molecule has 628 valence electrons. The molecule has 0 radical (unpaired) electrons. The van der Waals surface area contributed by atoms with E-state index in [4.69, 9.17) is 28.4 Å². The summed E-state index contributed by atoms with van der Waals surface area (Å²) < 4.78 is 35.0. The van der Waals surface area contributed by atoms with Crippen LogP contribution in [0, 0.1) is 0 Å². The van der Waals surface area contributed by atoms with Crippen molar-refractivity contribution in [1.29, 1.82) is 0 Å². The molecule has 3 aliphatic heterocycles. The lowest BCUT2D eigenvalue weighted by atomic mass is 9.88. The lowest BCUT2D eigenvalue weighted by Gasteiger charge is -2.50. The second-order valence-electron chi connectivity index (χ2n) is 31.4. The summed E-state index contributed by atoms with van der Waals surface area (Å²) in [6.07, 6.45) is 41.9. The van der Waals surface area contributed by atoms with Crippen LogP contribution in [0.5, 0.6) is 0 Å². The van der Waals surface area contributed by atoms with E-state index in [9.17, 15) is 75.7 Å². The van der Waals surface area contributed by atoms with E-state index in [1.54, 1.807) is 0 Å². The number of aliphatic hydroxyl groups is 11. The summed E-state index contributed by atoms with van der Waals surface area (Å²) in [5, 5.41) is 137. The summed E-state index contributed by atoms with van der Waals surface area (Å²) in [6, 6.07) is -2.53. The highest BCUT2D eigenvalue weighted by atomic mass is 16.8. The fraction of sp³-hybridized carbons (Fsp3) is 0.917. The molecule has 0 aliphatic carbocycles. The molecule has 107 heavy (non-hydrogen) atoms. The molecule has 0 aromatic rings. The SMILES string of the molecule is CCCCCCCCCCCCC/C=C\C/C=C\CCCCCCCCCCCCCCCCCCCC(=O)NC(COC1OC(CO)C(OC2OC(CO)C(O)C(OC3(C(=O)O)CC(O)C(NC(C)=O)C(C(O)C(O)CO)O3)C2O)C(O)C1O)C(O)CCCCCCCCCCCCCCCCCCCC. The van der Waals surface area contributed by atoms with E-state index in [0.29, 0.717) is 19.3 Å². The Balaban J connectivity index is 1.44. The number of ether oxygens (including phenoxy) is 6. The zero-order valence-electron chi connectivity index (χ0n) is 66.8. The number of allylic oxidation sites excluding steroid dienone is 4. The van der Waals surface area contributed by atoms with Gasteiger partial charge in [-0.05, 0) is 44.9 Å². The molecule has 3 saturated heterocycles. The van der Waals surface area contributed by atoms with Crippen LogP contribution in [0.15, 0.2) is 24.3 Å². The first-order valence-corrected chi connectivity index (χ1v) is 43.2. The summed E-state index contributed by atoms with van der Waals surface area (Å²) in [5.41, 5.74) is 0. The molecule has 23 nitrogen and oxygen atoms in total. The Bertz CT molecular complexity index is 2220. The minimum absolute atomic E-state index is 0.226. The maximum Gasteiger partial charge on any atom is 0.364 e. The second-order valence-corrected chi connectivity index (χ2v) is 31.4. The molecule has 0 aromatic carbocycles. The molecule has 0 aromatic heterocycles. The first kappa shape index (κ1) is 98.4. The lowest BCUT2D eigenvalue weighted by molar-refractivity contribution is -0.386. The van der Waals surface area contributed by atoms with E-state index in [1.165, 1.54) is 244 Å². The van der Waals surface area contributed by atoms with Crippen LogP contribution in [0.2, 0.25) is 0 Å². The molecule has 14 N–H and O–H groups in total. The number of unbranched alkanes of at least 4 members (excludes halogenated alkanes) is 45. The Morgan fingerprint density at radius 2 is 0.897 bits per heavy atom. The highest BCUT2D eigenvalue weighted by Crippen LogP contribution is 2.39. The van der Waals surface area contributed by atoms with E-state index >= 15 is 0 Å². The molecule has 18 unspecified atom stereocenters. The number of carboxylic acid groups (broad SMARTS) is 1. The van der Waals surface area contributed by atoms with Gasteiger partial charge in [-0.1, -0.05) is 314 Å². The van der Waals surface area contributed by atoms with E-state index in [1.807, 2.05) is 0 Å². The zero-order chi connectivity index (χ0) is 78.1. The van der Waals surface area contributed by atoms with Crippen LogP contribution >= 0.6 is 0 Å². The number of nitrogens with one attached hydrogen (secondary N) is 2. The normalized spacial score (nSPS) is 26.1. The minimum atomic E-state index is -3.08. The van der Waals surface area contributed by atoms with Crippen LogP contribution in [0.3, 0.4) is 0 Å². The lowest BCUT2D eigenvalue weighted by Crippen LogP contribution is -2.70. The predicted octanol–water partition coefficient (Wildman–Crippen LogP) is 12.7. The third kappa shape index (κ3) is 42.2. The smallest absolute Gasteiger partial charge is 0.364 e. The minimum Gasteiger partial charge on any atom is -0.477 e. The largest absolute Gasteiger partial charge is 0.477 e. The monoisotopic (exact) mass is 1530 g/mol. The average molecular weight is 1530 g/mol. The molecule has 3 aliphatic rings. The van der Waals surface area contributed by atoms with Gasteiger partial charge >= 0.3 is 5.97 Å². The Hall–Kier alpha value is -2.79. The predicted molar refractivity (Wildman–Crippen MR) is 417 cm³/mol. The summed E-state index contributed by atoms with van der Waals surface area (Å²) >= 11 is 0. The zero-order valence-corrected chi connectivity index (χ0v) is 66.8. The summed E-state index contributed by atoms with van der Waals surface area (Å²) in [6.45, 7) is 2.26. The third-order valence-corrected chi connectivity index (χ3v) is 21.9. The van der Waals surface area contributed by atoms with Gasteiger partial charge in [-0.2, -0.15) is 0 Å². The molecular weight excluding hydrogens is 1370 g/mol. The highest BCUT2D eigenvalue weighted by Gasteiger charge is 2.60. The van der Waals surface area contributed by atoms with E-state index < -0.39 is 148 Å². The maximum atomic E-state index is 13.6. The van der Waals surface area contributed by atoms with Crippen LogP contribution in [-0.4, -0.2) is 215 Å². The highest BCUT2D eigenvalue weighted by molar-refractivity contribution is 5.77. The van der Waals surface area contributed by atoms with Crippen molar-refractivity contribution in [3.8, 4) is 0 Å². The number of carbonyl (C=O) groups is 3. The van der Waals surface area contributed by atoms with Gasteiger partial charge in [-0.3, -0.25) is 9.59 Å². The van der Waals surface area contributed by atoms with Gasteiger partial charge in [0, 0.05) is 19.8 Å². The fourth-order valence-electron chi connectivity index (χ4n) is 15.1. The number of hydrogen-bond acceptors (Lipinski definition) is 20. The van der Waals surface area contributed by atoms with E-state index in [-0.39, 0.29) is 18.9 Å². The Labute approximate surface area is 644 Å². The fourth-order valence-corrected chi connectivity index (χ4v) is 15.1. The van der Waals surface area contributed by atoms with Gasteiger partial charge in [0.1, 0.15) is 67.1 Å². The van der Waals surface area contributed by atoms with Crippen LogP contribution in [0.4, 0.5) is 0 Å². The third-order valence-electron chi connectivity index (χ3n) is 21.9. The van der Waals surface area contributed by atoms with E-state index in [0.717, 1.165) is 64.7 Å². The first-order chi connectivity index (χ1) is 51.9.